The van der Waals surface area contributed by atoms with E-state index in [1.807, 2.05) is 30.5 Å². The topological polar surface area (TPSA) is 21.3 Å². The van der Waals surface area contributed by atoms with Crippen LogP contribution in [0.1, 0.15) is 0 Å². The van der Waals surface area contributed by atoms with Gasteiger partial charge in [0.1, 0.15) is 12.4 Å². The van der Waals surface area contributed by atoms with Gasteiger partial charge in [0, 0.05) is 12.1 Å². The Morgan fingerprint density at radius 2 is 2.42 bits per heavy atom. The van der Waals surface area contributed by atoms with E-state index in [0.717, 1.165) is 17.9 Å². The van der Waals surface area contributed by atoms with E-state index in [-0.39, 0.29) is 0 Å². The molecule has 2 nitrogen and oxygen atoms in total. The van der Waals surface area contributed by atoms with Crippen LogP contribution in [0.5, 0.6) is 0 Å². The van der Waals surface area contributed by atoms with Crippen LogP contribution in [0.2, 0.25) is 0 Å². The third-order valence-electron chi connectivity index (χ3n) is 1.82. The summed E-state index contributed by atoms with van der Waals surface area (Å²) < 4.78 is 5.44. The Morgan fingerprint density at radius 3 is 3.08 bits per heavy atom. The van der Waals surface area contributed by atoms with Gasteiger partial charge in [-0.05, 0) is 24.4 Å². The van der Waals surface area contributed by atoms with Crippen LogP contribution in [-0.2, 0) is 4.74 Å². The number of dihydropyridines is 1. The summed E-state index contributed by atoms with van der Waals surface area (Å²) in [6.45, 7) is 1.57. The van der Waals surface area contributed by atoms with Gasteiger partial charge in [-0.15, -0.1) is 0 Å². The third-order valence-corrected chi connectivity index (χ3v) is 1.82. The lowest BCUT2D eigenvalue weighted by Gasteiger charge is -2.14. The number of rotatable bonds is 1. The Morgan fingerprint density at radius 1 is 1.42 bits per heavy atom. The van der Waals surface area contributed by atoms with E-state index in [4.69, 9.17) is 4.74 Å². The standard InChI is InChI=1S/C10H11NO/c1-2-8-12-10(3-1)9-4-6-11-7-5-9/h1-6,11H,7-8H2. The van der Waals surface area contributed by atoms with Crippen LogP contribution in [0.15, 0.2) is 47.9 Å². The molecule has 2 heteroatoms. The van der Waals surface area contributed by atoms with Gasteiger partial charge in [-0.1, -0.05) is 12.2 Å². The molecule has 0 unspecified atom stereocenters. The molecule has 0 aromatic heterocycles. The average molecular weight is 161 g/mol. The number of hydrogen-bond donors (Lipinski definition) is 1. The summed E-state index contributed by atoms with van der Waals surface area (Å²) in [6.07, 6.45) is 12.1. The first-order valence-electron chi connectivity index (χ1n) is 4.07. The molecule has 0 atom stereocenters. The van der Waals surface area contributed by atoms with Gasteiger partial charge in [0.15, 0.2) is 0 Å². The predicted molar refractivity (Wildman–Crippen MR) is 48.4 cm³/mol. The first kappa shape index (κ1) is 7.22. The maximum Gasteiger partial charge on any atom is 0.126 e. The molecular weight excluding hydrogens is 150 g/mol. The van der Waals surface area contributed by atoms with E-state index in [1.54, 1.807) is 0 Å². The highest BCUT2D eigenvalue weighted by molar-refractivity contribution is 5.40. The second kappa shape index (κ2) is 3.30. The lowest BCUT2D eigenvalue weighted by molar-refractivity contribution is 0.253. The zero-order valence-electron chi connectivity index (χ0n) is 6.79. The number of hydrogen-bond acceptors (Lipinski definition) is 2. The van der Waals surface area contributed by atoms with Crippen molar-refractivity contribution in [2.24, 2.45) is 0 Å². The fourth-order valence-corrected chi connectivity index (χ4v) is 1.21. The summed E-state index contributed by atoms with van der Waals surface area (Å²) in [4.78, 5) is 0. The molecule has 0 bridgehead atoms. The molecule has 2 rings (SSSR count). The van der Waals surface area contributed by atoms with Gasteiger partial charge in [0.2, 0.25) is 0 Å². The van der Waals surface area contributed by atoms with E-state index < -0.39 is 0 Å². The zero-order chi connectivity index (χ0) is 8.23. The Hall–Kier alpha value is -1.44. The van der Waals surface area contributed by atoms with Crippen molar-refractivity contribution in [1.29, 1.82) is 0 Å². The van der Waals surface area contributed by atoms with Gasteiger partial charge in [-0.2, -0.15) is 0 Å². The number of allylic oxidation sites excluding steroid dienone is 3. The molecule has 0 fully saturated rings. The minimum atomic E-state index is 0.685. The molecule has 2 aliphatic rings. The van der Waals surface area contributed by atoms with Crippen molar-refractivity contribution < 1.29 is 4.74 Å². The Balaban J connectivity index is 2.17. The molecule has 12 heavy (non-hydrogen) atoms. The van der Waals surface area contributed by atoms with E-state index >= 15 is 0 Å². The van der Waals surface area contributed by atoms with Gasteiger partial charge < -0.3 is 10.1 Å². The maximum atomic E-state index is 5.44. The maximum absolute atomic E-state index is 5.44. The molecule has 0 aromatic rings. The lowest BCUT2D eigenvalue weighted by Crippen LogP contribution is -2.10. The van der Waals surface area contributed by atoms with Crippen molar-refractivity contribution in [2.75, 3.05) is 13.2 Å². The molecule has 0 aromatic carbocycles. The molecule has 1 N–H and O–H groups in total. The monoisotopic (exact) mass is 161 g/mol. The second-order valence-electron chi connectivity index (χ2n) is 2.67. The summed E-state index contributed by atoms with van der Waals surface area (Å²) in [5.74, 6) is 0.968. The van der Waals surface area contributed by atoms with Crippen molar-refractivity contribution in [3.05, 3.63) is 47.9 Å². The molecule has 0 saturated carbocycles. The first-order chi connectivity index (χ1) is 5.97. The van der Waals surface area contributed by atoms with Gasteiger partial charge in [0.05, 0.1) is 0 Å². The second-order valence-corrected chi connectivity index (χ2v) is 2.67. The van der Waals surface area contributed by atoms with Gasteiger partial charge in [0.25, 0.3) is 0 Å². The highest BCUT2D eigenvalue weighted by Gasteiger charge is 2.05. The van der Waals surface area contributed by atoms with Crippen LogP contribution in [0.3, 0.4) is 0 Å². The molecule has 2 aliphatic heterocycles. The Labute approximate surface area is 71.9 Å². The number of nitrogens with one attached hydrogen (secondary N) is 1. The molecule has 0 spiro atoms. The Kier molecular flexibility index (Phi) is 1.99. The van der Waals surface area contributed by atoms with Crippen LogP contribution < -0.4 is 5.32 Å². The predicted octanol–water partition coefficient (Wildman–Crippen LogP) is 1.50. The molecule has 0 saturated heterocycles. The summed E-state index contributed by atoms with van der Waals surface area (Å²) in [5.41, 5.74) is 1.16. The molecule has 0 amide bonds. The van der Waals surface area contributed by atoms with Gasteiger partial charge in [-0.25, -0.2) is 0 Å². The van der Waals surface area contributed by atoms with Crippen molar-refractivity contribution in [1.82, 2.24) is 5.32 Å². The Bertz CT molecular complexity index is 284. The van der Waals surface area contributed by atoms with Gasteiger partial charge >= 0.3 is 0 Å². The fraction of sp³-hybridized carbons (Fsp3) is 0.200. The SMILES string of the molecule is C1=CCOC(C2=CCNC=C2)=C1. The zero-order valence-corrected chi connectivity index (χ0v) is 6.79. The quantitative estimate of drug-likeness (QED) is 0.629. The van der Waals surface area contributed by atoms with Crippen LogP contribution in [0, 0.1) is 0 Å². The van der Waals surface area contributed by atoms with E-state index in [0.29, 0.717) is 6.61 Å². The van der Waals surface area contributed by atoms with Crippen molar-refractivity contribution in [3.63, 3.8) is 0 Å². The van der Waals surface area contributed by atoms with Crippen molar-refractivity contribution in [2.45, 2.75) is 0 Å². The van der Waals surface area contributed by atoms with Crippen LogP contribution in [0.25, 0.3) is 0 Å². The highest BCUT2D eigenvalue weighted by atomic mass is 16.5. The molecule has 62 valence electrons. The molecular formula is C10H11NO. The molecule has 0 radical (unpaired) electrons. The highest BCUT2D eigenvalue weighted by Crippen LogP contribution is 2.16. The molecule has 2 heterocycles. The minimum absolute atomic E-state index is 0.685. The fourth-order valence-electron chi connectivity index (χ4n) is 1.21. The first-order valence-corrected chi connectivity index (χ1v) is 4.07. The summed E-state index contributed by atoms with van der Waals surface area (Å²) >= 11 is 0. The molecule has 0 aliphatic carbocycles. The van der Waals surface area contributed by atoms with Gasteiger partial charge in [-0.3, -0.25) is 0 Å². The van der Waals surface area contributed by atoms with Crippen LogP contribution in [0.4, 0.5) is 0 Å². The summed E-state index contributed by atoms with van der Waals surface area (Å²) in [5, 5.41) is 3.10. The van der Waals surface area contributed by atoms with E-state index in [2.05, 4.69) is 11.4 Å². The van der Waals surface area contributed by atoms with Crippen molar-refractivity contribution in [3.8, 4) is 0 Å². The normalized spacial score (nSPS) is 20.7. The van der Waals surface area contributed by atoms with E-state index in [1.165, 1.54) is 0 Å². The average Bonchev–Trinajstić information content (AvgIpc) is 2.21. The lowest BCUT2D eigenvalue weighted by atomic mass is 10.1. The third kappa shape index (κ3) is 1.42. The largest absolute Gasteiger partial charge is 0.489 e. The number of ether oxygens (including phenoxy) is 1. The summed E-state index contributed by atoms with van der Waals surface area (Å²) in [6, 6.07) is 0. The van der Waals surface area contributed by atoms with Crippen LogP contribution >= 0.6 is 0 Å². The summed E-state index contributed by atoms with van der Waals surface area (Å²) in [7, 11) is 0. The van der Waals surface area contributed by atoms with Crippen LogP contribution in [-0.4, -0.2) is 13.2 Å². The minimum Gasteiger partial charge on any atom is -0.489 e. The van der Waals surface area contributed by atoms with E-state index in [9.17, 15) is 0 Å². The van der Waals surface area contributed by atoms with Crippen molar-refractivity contribution >= 4 is 0 Å². The smallest absolute Gasteiger partial charge is 0.126 e.